The Morgan fingerprint density at radius 2 is 1.19 bits per heavy atom. The maximum atomic E-state index is 4.12. The van der Waals surface area contributed by atoms with Gasteiger partial charge in [-0.25, -0.2) is 0 Å². The zero-order valence-corrected chi connectivity index (χ0v) is 18.9. The first-order chi connectivity index (χ1) is 5.93. The van der Waals surface area contributed by atoms with Gasteiger partial charge in [-0.1, -0.05) is 35.1 Å². The van der Waals surface area contributed by atoms with Crippen molar-refractivity contribution in [1.29, 1.82) is 0 Å². The molecule has 0 saturated heterocycles. The summed E-state index contributed by atoms with van der Waals surface area (Å²) in [7, 11) is -0.118. The van der Waals surface area contributed by atoms with Crippen LogP contribution in [0.5, 0.6) is 0 Å². The van der Waals surface area contributed by atoms with Crippen molar-refractivity contribution in [3.8, 4) is 0 Å². The Bertz CT molecular complexity index is 166. The van der Waals surface area contributed by atoms with E-state index in [1.807, 2.05) is 0 Å². The fourth-order valence-electron chi connectivity index (χ4n) is 0.474. The standard InChI is InChI=1S/C6H15P.C5H13P.CH4.2Y/c1-5-7(3,4)6-2;1-4-6(3)5-2;;;/h3,5-6H2,1-2,4H3;6H,3-5H2,1-2H3;1H4;;. The fourth-order valence-corrected chi connectivity index (χ4v) is 1.42. The van der Waals surface area contributed by atoms with Crippen LogP contribution in [0.2, 0.25) is 0 Å². The molecule has 0 N–H and O–H groups in total. The molecule has 16 heavy (non-hydrogen) atoms. The summed E-state index contributed by atoms with van der Waals surface area (Å²) in [5.41, 5.74) is 0. The van der Waals surface area contributed by atoms with Gasteiger partial charge in [0.1, 0.15) is 0 Å². The largest absolute Gasteiger partial charge is 0.125 e. The monoisotopic (exact) mass is 416 g/mol. The van der Waals surface area contributed by atoms with Crippen molar-refractivity contribution in [3.05, 3.63) is 0 Å². The van der Waals surface area contributed by atoms with Crippen molar-refractivity contribution in [2.45, 2.75) is 35.1 Å². The molecule has 4 heteroatoms. The molecule has 0 unspecified atom stereocenters. The smallest absolute Gasteiger partial charge is 0 e. The van der Waals surface area contributed by atoms with E-state index < -0.39 is 6.89 Å². The Labute approximate surface area is 157 Å². The normalized spacial score (nSPS) is 8.88. The van der Waals surface area contributed by atoms with Crippen LogP contribution in [0.1, 0.15) is 35.1 Å². The Morgan fingerprint density at radius 3 is 1.19 bits per heavy atom. The zero-order chi connectivity index (χ0) is 10.9. The molecule has 0 aromatic carbocycles. The summed E-state index contributed by atoms with van der Waals surface area (Å²) in [5, 5.41) is 0. The summed E-state index contributed by atoms with van der Waals surface area (Å²) < 4.78 is 0. The fraction of sp³-hybridized carbons (Fsp3) is 0.833. The Balaban J connectivity index is -0.0000000428. The summed E-state index contributed by atoms with van der Waals surface area (Å²) >= 11 is 0. The molecule has 0 heterocycles. The Hall–Kier alpha value is 2.81. The second kappa shape index (κ2) is 20.1. The molecule has 0 saturated carbocycles. The van der Waals surface area contributed by atoms with Gasteiger partial charge < -0.3 is 0 Å². The molecule has 0 bridgehead atoms. The summed E-state index contributed by atoms with van der Waals surface area (Å²) in [6.07, 6.45) is 13.3. The third-order valence-corrected chi connectivity index (χ3v) is 7.58. The average molecular weight is 416 g/mol. The van der Waals surface area contributed by atoms with Gasteiger partial charge in [-0.3, -0.25) is 0 Å². The minimum atomic E-state index is -0.654. The molecule has 96 valence electrons. The van der Waals surface area contributed by atoms with Crippen LogP contribution in [0.3, 0.4) is 0 Å². The van der Waals surface area contributed by atoms with E-state index in [0.29, 0.717) is 0 Å². The van der Waals surface area contributed by atoms with Crippen molar-refractivity contribution in [3.63, 3.8) is 0 Å². The Morgan fingerprint density at radius 1 is 0.938 bits per heavy atom. The van der Waals surface area contributed by atoms with Gasteiger partial charge in [-0.2, -0.15) is 0 Å². The van der Waals surface area contributed by atoms with Crippen molar-refractivity contribution >= 4 is 27.0 Å². The van der Waals surface area contributed by atoms with Crippen LogP contribution in [0.15, 0.2) is 0 Å². The van der Waals surface area contributed by atoms with Crippen LogP contribution in [-0.4, -0.2) is 43.9 Å². The molecular formula is C12H32P2Y2. The van der Waals surface area contributed by atoms with Crippen LogP contribution in [-0.2, 0) is 65.4 Å². The van der Waals surface area contributed by atoms with Gasteiger partial charge in [0.05, 0.1) is 0 Å². The second-order valence-corrected chi connectivity index (χ2v) is 11.1. The van der Waals surface area contributed by atoms with E-state index >= 15 is 0 Å². The first-order valence-electron chi connectivity index (χ1n) is 5.28. The van der Waals surface area contributed by atoms with Crippen LogP contribution in [0.4, 0.5) is 0 Å². The summed E-state index contributed by atoms with van der Waals surface area (Å²) in [4.78, 5) is 0. The molecular weight excluding hydrogens is 384 g/mol. The first kappa shape index (κ1) is 31.3. The molecule has 2 radical (unpaired) electrons. The maximum absolute atomic E-state index is 4.12. The minimum Gasteiger partial charge on any atom is -0.125 e. The van der Waals surface area contributed by atoms with Crippen molar-refractivity contribution in [1.82, 2.24) is 0 Å². The topological polar surface area (TPSA) is 0 Å². The molecule has 0 aliphatic carbocycles. The molecule has 0 fully saturated rings. The summed E-state index contributed by atoms with van der Waals surface area (Å²) in [6.45, 7) is 10.5. The zero-order valence-electron chi connectivity index (χ0n) is 11.3. The molecule has 0 aromatic rings. The predicted molar refractivity (Wildman–Crippen MR) is 84.3 cm³/mol. The van der Waals surface area contributed by atoms with Gasteiger partial charge in [0.2, 0.25) is 0 Å². The SMILES string of the molecule is C.C=P(C)(CC)CC.C=[PH](CC)CC.[Y].[Y]. The summed E-state index contributed by atoms with van der Waals surface area (Å²) in [5.74, 6) is 0. The van der Waals surface area contributed by atoms with Gasteiger partial charge in [-0.05, 0) is 31.3 Å². The number of hydrogen-bond donors (Lipinski definition) is 0. The quantitative estimate of drug-likeness (QED) is 0.596. The van der Waals surface area contributed by atoms with E-state index in [2.05, 4.69) is 47.0 Å². The van der Waals surface area contributed by atoms with Crippen molar-refractivity contribution < 1.29 is 65.4 Å². The molecule has 0 atom stereocenters. The van der Waals surface area contributed by atoms with Crippen LogP contribution < -0.4 is 0 Å². The van der Waals surface area contributed by atoms with Gasteiger partial charge in [0.25, 0.3) is 0 Å². The minimum absolute atomic E-state index is 0. The molecule has 0 aliphatic rings. The third-order valence-electron chi connectivity index (χ3n) is 2.53. The maximum Gasteiger partial charge on any atom is 0 e. The van der Waals surface area contributed by atoms with E-state index in [4.69, 9.17) is 0 Å². The van der Waals surface area contributed by atoms with Crippen LogP contribution >= 0.6 is 14.4 Å². The van der Waals surface area contributed by atoms with Crippen molar-refractivity contribution in [2.75, 3.05) is 31.3 Å². The molecule has 0 aliphatic heterocycles. The molecule has 0 spiro atoms. The van der Waals surface area contributed by atoms with Gasteiger partial charge in [0, 0.05) is 65.4 Å². The first-order valence-corrected chi connectivity index (χ1v) is 10.2. The van der Waals surface area contributed by atoms with Crippen molar-refractivity contribution in [2.24, 2.45) is 0 Å². The molecule has 0 aromatic heterocycles. The van der Waals surface area contributed by atoms with Gasteiger partial charge in [-0.15, -0.1) is 27.0 Å². The molecule has 0 rings (SSSR count). The van der Waals surface area contributed by atoms with E-state index in [-0.39, 0.29) is 80.4 Å². The van der Waals surface area contributed by atoms with Crippen LogP contribution in [0, 0.1) is 0 Å². The van der Waals surface area contributed by atoms with E-state index in [0.717, 1.165) is 0 Å². The van der Waals surface area contributed by atoms with E-state index in [1.165, 1.54) is 24.6 Å². The second-order valence-electron chi connectivity index (χ2n) is 3.71. The van der Waals surface area contributed by atoms with E-state index in [9.17, 15) is 0 Å². The van der Waals surface area contributed by atoms with Gasteiger partial charge >= 0.3 is 0 Å². The third kappa shape index (κ3) is 25.6. The molecule has 0 nitrogen and oxygen atoms in total. The van der Waals surface area contributed by atoms with E-state index in [1.54, 1.807) is 0 Å². The van der Waals surface area contributed by atoms with Crippen LogP contribution in [0.25, 0.3) is 0 Å². The predicted octanol–water partition coefficient (Wildman–Crippen LogP) is 4.41. The number of hydrogen-bond acceptors (Lipinski definition) is 0. The average Bonchev–Trinajstić information content (AvgIpc) is 2.17. The van der Waals surface area contributed by atoms with Gasteiger partial charge in [0.15, 0.2) is 0 Å². The number of rotatable bonds is 4. The summed E-state index contributed by atoms with van der Waals surface area (Å²) in [6, 6.07) is 0. The Kier molecular flexibility index (Phi) is 39.4. The molecule has 0 amide bonds.